The number of hydrogen-bond donors (Lipinski definition) is 1. The van der Waals surface area contributed by atoms with Crippen LogP contribution in [0.4, 0.5) is 0 Å². The Balaban J connectivity index is 3.57. The van der Waals surface area contributed by atoms with Crippen LogP contribution < -0.4 is 5.11 Å². The number of hydrogen-bond acceptors (Lipinski definition) is 3. The summed E-state index contributed by atoms with van der Waals surface area (Å²) in [5, 5.41) is 19.9. The maximum absolute atomic E-state index is 10.2. The average molecular weight is 319 g/mol. The van der Waals surface area contributed by atoms with E-state index < -0.39 is 5.97 Å². The van der Waals surface area contributed by atoms with Crippen LogP contribution in [0.25, 0.3) is 0 Å². The van der Waals surface area contributed by atoms with Crippen molar-refractivity contribution in [2.75, 3.05) is 0 Å². The van der Waals surface area contributed by atoms with Gasteiger partial charge in [-0.3, -0.25) is 0 Å². The van der Waals surface area contributed by atoms with Crippen LogP contribution in [0.2, 0.25) is 0 Å². The van der Waals surface area contributed by atoms with Crippen molar-refractivity contribution in [3.8, 4) is 0 Å². The van der Waals surface area contributed by atoms with Gasteiger partial charge in [0.25, 0.3) is 0 Å². The Kier molecular flexibility index (Phi) is 15.6. The Labute approximate surface area is 141 Å². The van der Waals surface area contributed by atoms with Gasteiger partial charge < -0.3 is 15.0 Å². The Morgan fingerprint density at radius 3 is 2.39 bits per heavy atom. The molecule has 1 N–H and O–H groups in total. The third-order valence-electron chi connectivity index (χ3n) is 3.31. The number of carbonyl (C=O) groups excluding carboxylic acids is 1. The summed E-state index contributed by atoms with van der Waals surface area (Å²) in [4.78, 5) is 10.2. The molecule has 0 aromatic heterocycles. The molecule has 0 aromatic rings. The first kappa shape index (κ1) is 21.4. The highest BCUT2D eigenvalue weighted by atomic mass is 16.4. The largest absolute Gasteiger partial charge is 0.550 e. The molecule has 130 valence electrons. The van der Waals surface area contributed by atoms with Crippen molar-refractivity contribution in [2.45, 2.75) is 70.8 Å². The van der Waals surface area contributed by atoms with Crippen LogP contribution in [0.3, 0.4) is 0 Å². The Hall–Kier alpha value is -1.61. The highest BCUT2D eigenvalue weighted by Gasteiger charge is 1.96. The van der Waals surface area contributed by atoms with E-state index in [1.165, 1.54) is 12.8 Å². The van der Waals surface area contributed by atoms with Crippen LogP contribution in [-0.2, 0) is 4.79 Å². The predicted octanol–water partition coefficient (Wildman–Crippen LogP) is 3.85. The highest BCUT2D eigenvalue weighted by Crippen LogP contribution is 2.04. The number of carboxylic acid groups (broad SMARTS) is 1. The minimum Gasteiger partial charge on any atom is -0.550 e. The number of aliphatic hydroxyl groups is 1. The minimum absolute atomic E-state index is 0.131. The lowest BCUT2D eigenvalue weighted by Gasteiger charge is -2.02. The molecular weight excluding hydrogens is 288 g/mol. The second kappa shape index (κ2) is 16.8. The first-order chi connectivity index (χ1) is 11.2. The Morgan fingerprint density at radius 1 is 1.00 bits per heavy atom. The molecule has 0 aliphatic rings. The smallest absolute Gasteiger partial charge is 0.0723 e. The lowest BCUT2D eigenvalue weighted by Crippen LogP contribution is -2.21. The molecule has 0 aliphatic heterocycles. The van der Waals surface area contributed by atoms with Crippen molar-refractivity contribution in [1.29, 1.82) is 0 Å². The van der Waals surface area contributed by atoms with Crippen LogP contribution in [0, 0.1) is 0 Å². The van der Waals surface area contributed by atoms with Gasteiger partial charge in [-0.15, -0.1) is 0 Å². The first-order valence-corrected chi connectivity index (χ1v) is 8.68. The molecule has 0 amide bonds. The number of unbranched alkanes of at least 4 members (excludes halogenated alkanes) is 3. The fourth-order valence-electron chi connectivity index (χ4n) is 1.98. The zero-order valence-electron chi connectivity index (χ0n) is 14.3. The SMILES string of the molecule is CCCCCC(O)/C=C/C=C\C/C=C\C/C=C\CCCC(=O)[O-]. The number of rotatable bonds is 14. The number of carboxylic acids is 1. The molecule has 0 heterocycles. The fourth-order valence-corrected chi connectivity index (χ4v) is 1.98. The van der Waals surface area contributed by atoms with E-state index in [-0.39, 0.29) is 12.5 Å². The maximum atomic E-state index is 10.2. The first-order valence-electron chi connectivity index (χ1n) is 8.68. The molecule has 0 spiro atoms. The van der Waals surface area contributed by atoms with Gasteiger partial charge in [0.2, 0.25) is 0 Å². The summed E-state index contributed by atoms with van der Waals surface area (Å²) in [6.07, 6.45) is 23.2. The van der Waals surface area contributed by atoms with Gasteiger partial charge in [0.15, 0.2) is 0 Å². The van der Waals surface area contributed by atoms with E-state index in [2.05, 4.69) is 25.2 Å². The summed E-state index contributed by atoms with van der Waals surface area (Å²) in [6.45, 7) is 2.16. The van der Waals surface area contributed by atoms with Gasteiger partial charge in [0.05, 0.1) is 6.10 Å². The summed E-state index contributed by atoms with van der Waals surface area (Å²) >= 11 is 0. The monoisotopic (exact) mass is 319 g/mol. The topological polar surface area (TPSA) is 60.4 Å². The van der Waals surface area contributed by atoms with Crippen molar-refractivity contribution >= 4 is 5.97 Å². The van der Waals surface area contributed by atoms with Gasteiger partial charge in [-0.2, -0.15) is 0 Å². The lowest BCUT2D eigenvalue weighted by atomic mass is 10.1. The van der Waals surface area contributed by atoms with Crippen LogP contribution in [0.5, 0.6) is 0 Å². The maximum Gasteiger partial charge on any atom is 0.0723 e. The van der Waals surface area contributed by atoms with Gasteiger partial charge in [-0.25, -0.2) is 0 Å². The van der Waals surface area contributed by atoms with Crippen LogP contribution >= 0.6 is 0 Å². The fraction of sp³-hybridized carbons (Fsp3) is 0.550. The molecular formula is C20H31O3-. The molecule has 3 heteroatoms. The molecule has 0 radical (unpaired) electrons. The average Bonchev–Trinajstić information content (AvgIpc) is 2.51. The van der Waals surface area contributed by atoms with E-state index in [1.807, 2.05) is 30.4 Å². The highest BCUT2D eigenvalue weighted by molar-refractivity contribution is 5.64. The third kappa shape index (κ3) is 18.3. The van der Waals surface area contributed by atoms with Gasteiger partial charge in [-0.05, 0) is 38.5 Å². The van der Waals surface area contributed by atoms with E-state index in [4.69, 9.17) is 0 Å². The second-order valence-corrected chi connectivity index (χ2v) is 5.55. The van der Waals surface area contributed by atoms with Crippen LogP contribution in [0.15, 0.2) is 48.6 Å². The van der Waals surface area contributed by atoms with Crippen molar-refractivity contribution in [3.63, 3.8) is 0 Å². The molecule has 23 heavy (non-hydrogen) atoms. The van der Waals surface area contributed by atoms with E-state index in [9.17, 15) is 15.0 Å². The Morgan fingerprint density at radius 2 is 1.70 bits per heavy atom. The lowest BCUT2D eigenvalue weighted by molar-refractivity contribution is -0.305. The van der Waals surface area contributed by atoms with Gasteiger partial charge in [0, 0.05) is 5.97 Å². The number of aliphatic hydroxyl groups excluding tert-OH is 1. The summed E-state index contributed by atoms with van der Waals surface area (Å²) in [7, 11) is 0. The van der Waals surface area contributed by atoms with E-state index >= 15 is 0 Å². The molecule has 0 aliphatic carbocycles. The number of allylic oxidation sites excluding steroid dienone is 7. The predicted molar refractivity (Wildman–Crippen MR) is 94.8 cm³/mol. The minimum atomic E-state index is -0.979. The van der Waals surface area contributed by atoms with Crippen LogP contribution in [-0.4, -0.2) is 17.2 Å². The van der Waals surface area contributed by atoms with Crippen LogP contribution in [0.1, 0.15) is 64.7 Å². The molecule has 0 saturated heterocycles. The van der Waals surface area contributed by atoms with Crippen molar-refractivity contribution < 1.29 is 15.0 Å². The quantitative estimate of drug-likeness (QED) is 0.300. The van der Waals surface area contributed by atoms with Gasteiger partial charge >= 0.3 is 0 Å². The van der Waals surface area contributed by atoms with E-state index in [1.54, 1.807) is 0 Å². The molecule has 1 atom stereocenters. The van der Waals surface area contributed by atoms with E-state index in [0.717, 1.165) is 32.1 Å². The molecule has 0 aromatic carbocycles. The summed E-state index contributed by atoms with van der Waals surface area (Å²) < 4.78 is 0. The third-order valence-corrected chi connectivity index (χ3v) is 3.31. The normalized spacial score (nSPS) is 13.8. The molecule has 0 saturated carbocycles. The summed E-state index contributed by atoms with van der Waals surface area (Å²) in [5.41, 5.74) is 0. The molecule has 3 nitrogen and oxygen atoms in total. The Bertz CT molecular complexity index is 392. The zero-order valence-corrected chi connectivity index (χ0v) is 14.3. The molecule has 0 fully saturated rings. The molecule has 0 bridgehead atoms. The van der Waals surface area contributed by atoms with Crippen molar-refractivity contribution in [2.24, 2.45) is 0 Å². The van der Waals surface area contributed by atoms with Gasteiger partial charge in [0.1, 0.15) is 0 Å². The molecule has 0 rings (SSSR count). The van der Waals surface area contributed by atoms with E-state index in [0.29, 0.717) is 6.42 Å². The standard InChI is InChI=1S/C20H32O3/c1-2-3-13-16-19(21)17-14-11-9-7-5-4-6-8-10-12-15-18-20(22)23/h4-5,8-11,14,17,19,21H,2-3,6-7,12-13,15-16,18H2,1H3,(H,22,23)/p-1/b5-4-,10-8-,11-9-,17-14+. The van der Waals surface area contributed by atoms with Gasteiger partial charge in [-0.1, -0.05) is 74.8 Å². The number of aliphatic carboxylic acids is 1. The second-order valence-electron chi connectivity index (χ2n) is 5.55. The summed E-state index contributed by atoms with van der Waals surface area (Å²) in [5.74, 6) is -0.979. The van der Waals surface area contributed by atoms with Crippen molar-refractivity contribution in [3.05, 3.63) is 48.6 Å². The zero-order chi connectivity index (χ0) is 17.2. The molecule has 1 unspecified atom stereocenters. The number of carbonyl (C=O) groups is 1. The van der Waals surface area contributed by atoms with Crippen molar-refractivity contribution in [1.82, 2.24) is 0 Å². The summed E-state index contributed by atoms with van der Waals surface area (Å²) in [6, 6.07) is 0.